The molecule has 0 saturated carbocycles. The first-order valence-corrected chi connectivity index (χ1v) is 9.56. The van der Waals surface area contributed by atoms with E-state index in [0.29, 0.717) is 5.75 Å². The Balaban J connectivity index is 1.32. The van der Waals surface area contributed by atoms with Crippen LogP contribution in [0.5, 0.6) is 5.75 Å². The molecule has 3 aromatic carbocycles. The summed E-state index contributed by atoms with van der Waals surface area (Å²) < 4.78 is 11.5. The van der Waals surface area contributed by atoms with Crippen LogP contribution >= 0.6 is 0 Å². The second kappa shape index (κ2) is 8.17. The maximum absolute atomic E-state index is 12.2. The van der Waals surface area contributed by atoms with E-state index in [4.69, 9.17) is 9.15 Å². The molecule has 0 spiro atoms. The van der Waals surface area contributed by atoms with Crippen molar-refractivity contribution in [3.63, 3.8) is 0 Å². The number of benzene rings is 3. The predicted octanol–water partition coefficient (Wildman–Crippen LogP) is 5.10. The third-order valence-corrected chi connectivity index (χ3v) is 4.83. The number of amides is 1. The number of fused-ring (bicyclic) bond motifs is 3. The van der Waals surface area contributed by atoms with Crippen molar-refractivity contribution < 1.29 is 13.9 Å². The van der Waals surface area contributed by atoms with E-state index in [-0.39, 0.29) is 18.6 Å². The molecular formula is C24H23NO3. The van der Waals surface area contributed by atoms with Crippen LogP contribution in [-0.2, 0) is 11.2 Å². The topological polar surface area (TPSA) is 51.5 Å². The molecular weight excluding hydrogens is 350 g/mol. The molecule has 4 heteroatoms. The van der Waals surface area contributed by atoms with Gasteiger partial charge in [-0.3, -0.25) is 4.79 Å². The Morgan fingerprint density at radius 1 is 0.964 bits per heavy atom. The second-order valence-corrected chi connectivity index (χ2v) is 7.04. The molecule has 0 aliphatic carbocycles. The summed E-state index contributed by atoms with van der Waals surface area (Å²) in [5.74, 6) is 0.545. The van der Waals surface area contributed by atoms with Gasteiger partial charge in [0, 0.05) is 16.8 Å². The molecule has 0 radical (unpaired) electrons. The van der Waals surface area contributed by atoms with Gasteiger partial charge in [0.2, 0.25) is 0 Å². The molecule has 0 aliphatic rings. The fourth-order valence-electron chi connectivity index (χ4n) is 3.36. The number of hydrogen-bond donors (Lipinski definition) is 1. The van der Waals surface area contributed by atoms with E-state index < -0.39 is 0 Å². The lowest BCUT2D eigenvalue weighted by Crippen LogP contribution is -2.36. The van der Waals surface area contributed by atoms with Crippen molar-refractivity contribution in [2.45, 2.75) is 25.8 Å². The van der Waals surface area contributed by atoms with Crippen molar-refractivity contribution in [3.05, 3.63) is 78.4 Å². The van der Waals surface area contributed by atoms with E-state index in [1.54, 1.807) is 0 Å². The first-order valence-electron chi connectivity index (χ1n) is 9.56. The van der Waals surface area contributed by atoms with Crippen LogP contribution in [0.25, 0.3) is 21.9 Å². The first kappa shape index (κ1) is 18.1. The van der Waals surface area contributed by atoms with Crippen molar-refractivity contribution >= 4 is 27.8 Å². The quantitative estimate of drug-likeness (QED) is 0.490. The lowest BCUT2D eigenvalue weighted by Gasteiger charge is -2.14. The van der Waals surface area contributed by atoms with Crippen LogP contribution in [0.15, 0.2) is 77.2 Å². The Morgan fingerprint density at radius 3 is 2.57 bits per heavy atom. The van der Waals surface area contributed by atoms with Crippen LogP contribution in [0.4, 0.5) is 0 Å². The average Bonchev–Trinajstić information content (AvgIpc) is 3.09. The molecule has 1 N–H and O–H groups in total. The predicted molar refractivity (Wildman–Crippen MR) is 112 cm³/mol. The lowest BCUT2D eigenvalue weighted by molar-refractivity contribution is -0.123. The molecule has 0 bridgehead atoms. The Hall–Kier alpha value is -3.27. The molecule has 1 atom stereocenters. The molecule has 0 saturated heterocycles. The summed E-state index contributed by atoms with van der Waals surface area (Å²) in [6.07, 6.45) is 1.83. The van der Waals surface area contributed by atoms with Gasteiger partial charge in [0.25, 0.3) is 5.91 Å². The van der Waals surface area contributed by atoms with Crippen molar-refractivity contribution in [2.75, 3.05) is 6.61 Å². The number of hydrogen-bond acceptors (Lipinski definition) is 3. The van der Waals surface area contributed by atoms with Gasteiger partial charge < -0.3 is 14.5 Å². The lowest BCUT2D eigenvalue weighted by atomic mass is 10.1. The smallest absolute Gasteiger partial charge is 0.258 e. The molecule has 142 valence electrons. The van der Waals surface area contributed by atoms with Crippen LogP contribution in [0, 0.1) is 0 Å². The highest BCUT2D eigenvalue weighted by Crippen LogP contribution is 2.31. The average molecular weight is 373 g/mol. The van der Waals surface area contributed by atoms with Crippen LogP contribution in [0.1, 0.15) is 18.9 Å². The highest BCUT2D eigenvalue weighted by molar-refractivity contribution is 6.05. The molecule has 1 heterocycles. The van der Waals surface area contributed by atoms with E-state index in [0.717, 1.165) is 34.8 Å². The summed E-state index contributed by atoms with van der Waals surface area (Å²) in [4.78, 5) is 12.2. The van der Waals surface area contributed by atoms with Gasteiger partial charge in [0.05, 0.1) is 0 Å². The van der Waals surface area contributed by atoms with E-state index in [2.05, 4.69) is 17.4 Å². The van der Waals surface area contributed by atoms with E-state index >= 15 is 0 Å². The largest absolute Gasteiger partial charge is 0.484 e. The van der Waals surface area contributed by atoms with Gasteiger partial charge in [-0.1, -0.05) is 48.5 Å². The number of furan rings is 1. The highest BCUT2D eigenvalue weighted by Gasteiger charge is 2.10. The second-order valence-electron chi connectivity index (χ2n) is 7.04. The number of carbonyl (C=O) groups excluding carboxylic acids is 1. The maximum atomic E-state index is 12.2. The molecule has 4 aromatic rings. The van der Waals surface area contributed by atoms with Crippen LogP contribution in [0.2, 0.25) is 0 Å². The molecule has 0 unspecified atom stereocenters. The summed E-state index contributed by atoms with van der Waals surface area (Å²) in [5, 5.41) is 5.03. The van der Waals surface area contributed by atoms with Crippen LogP contribution < -0.4 is 10.1 Å². The first-order chi connectivity index (χ1) is 13.7. The number of carbonyl (C=O) groups is 1. The standard InChI is InChI=1S/C24H23NO3/c1-17(11-12-18-7-3-2-4-8-18)25-24(26)16-27-19-13-14-23-21(15-19)20-9-5-6-10-22(20)28-23/h2-10,13-15,17H,11-12,16H2,1H3,(H,25,26)/t17-/m1/s1. The number of ether oxygens (including phenoxy) is 1. The minimum atomic E-state index is -0.113. The Labute approximate surface area is 164 Å². The molecule has 28 heavy (non-hydrogen) atoms. The zero-order valence-corrected chi connectivity index (χ0v) is 15.9. The summed E-state index contributed by atoms with van der Waals surface area (Å²) in [6, 6.07) is 23.9. The summed E-state index contributed by atoms with van der Waals surface area (Å²) in [5.41, 5.74) is 2.94. The van der Waals surface area contributed by atoms with Gasteiger partial charge in [-0.15, -0.1) is 0 Å². The van der Waals surface area contributed by atoms with Crippen molar-refractivity contribution in [1.82, 2.24) is 5.32 Å². The molecule has 1 aromatic heterocycles. The van der Waals surface area contributed by atoms with Crippen molar-refractivity contribution in [2.24, 2.45) is 0 Å². The molecule has 0 fully saturated rings. The van der Waals surface area contributed by atoms with Gasteiger partial charge in [-0.25, -0.2) is 0 Å². The summed E-state index contributed by atoms with van der Waals surface area (Å²) in [6.45, 7) is 2.02. The monoisotopic (exact) mass is 373 g/mol. The third kappa shape index (κ3) is 4.17. The fourth-order valence-corrected chi connectivity index (χ4v) is 3.36. The summed E-state index contributed by atoms with van der Waals surface area (Å²) in [7, 11) is 0. The number of para-hydroxylation sites is 1. The molecule has 4 rings (SSSR count). The Morgan fingerprint density at radius 2 is 1.71 bits per heavy atom. The normalized spacial score (nSPS) is 12.2. The minimum absolute atomic E-state index is 0.00301. The maximum Gasteiger partial charge on any atom is 0.258 e. The molecule has 4 nitrogen and oxygen atoms in total. The van der Waals surface area contributed by atoms with Crippen LogP contribution in [0.3, 0.4) is 0 Å². The van der Waals surface area contributed by atoms with Gasteiger partial charge in [-0.05, 0) is 49.6 Å². The third-order valence-electron chi connectivity index (χ3n) is 4.83. The van der Waals surface area contributed by atoms with Crippen molar-refractivity contribution in [3.8, 4) is 5.75 Å². The van der Waals surface area contributed by atoms with E-state index in [1.807, 2.05) is 67.6 Å². The van der Waals surface area contributed by atoms with E-state index in [1.165, 1.54) is 5.56 Å². The fraction of sp³-hybridized carbons (Fsp3) is 0.208. The van der Waals surface area contributed by atoms with Gasteiger partial charge in [-0.2, -0.15) is 0 Å². The number of aryl methyl sites for hydroxylation is 1. The number of nitrogens with one attached hydrogen (secondary N) is 1. The molecule has 1 amide bonds. The zero-order chi connectivity index (χ0) is 19.3. The van der Waals surface area contributed by atoms with Gasteiger partial charge in [0.15, 0.2) is 6.61 Å². The number of rotatable bonds is 7. The SMILES string of the molecule is C[C@H](CCc1ccccc1)NC(=O)COc1ccc2oc3ccccc3c2c1. The van der Waals surface area contributed by atoms with Gasteiger partial charge >= 0.3 is 0 Å². The highest BCUT2D eigenvalue weighted by atomic mass is 16.5. The Kier molecular flexibility index (Phi) is 5.29. The zero-order valence-electron chi connectivity index (χ0n) is 15.9. The van der Waals surface area contributed by atoms with Gasteiger partial charge in [0.1, 0.15) is 16.9 Å². The van der Waals surface area contributed by atoms with E-state index in [9.17, 15) is 4.79 Å². The van der Waals surface area contributed by atoms with Crippen molar-refractivity contribution in [1.29, 1.82) is 0 Å². The van der Waals surface area contributed by atoms with Crippen LogP contribution in [-0.4, -0.2) is 18.6 Å². The molecule has 0 aliphatic heterocycles. The Bertz CT molecular complexity index is 1080. The summed E-state index contributed by atoms with van der Waals surface area (Å²) >= 11 is 0. The minimum Gasteiger partial charge on any atom is -0.484 e.